The van der Waals surface area contributed by atoms with E-state index in [-0.39, 0.29) is 18.0 Å². The van der Waals surface area contributed by atoms with Gasteiger partial charge in [0.25, 0.3) is 0 Å². The number of piperidine rings is 1. The summed E-state index contributed by atoms with van der Waals surface area (Å²) in [5.41, 5.74) is 0.0589. The van der Waals surface area contributed by atoms with Crippen LogP contribution in [0.15, 0.2) is 18.2 Å². The molecule has 0 radical (unpaired) electrons. The Labute approximate surface area is 172 Å². The second-order valence-corrected chi connectivity index (χ2v) is 8.19. The molecule has 0 saturated carbocycles. The minimum atomic E-state index is -0.515. The first-order chi connectivity index (χ1) is 13.6. The highest BCUT2D eigenvalue weighted by molar-refractivity contribution is 5.96. The van der Waals surface area contributed by atoms with Gasteiger partial charge in [-0.1, -0.05) is 0 Å². The molecule has 1 unspecified atom stereocenters. The van der Waals surface area contributed by atoms with Crippen molar-refractivity contribution in [2.75, 3.05) is 32.6 Å². The molecular formula is C21H33N3O5. The normalized spacial score (nSPS) is 16.6. The number of nitrogens with one attached hydrogen (secondary N) is 2. The van der Waals surface area contributed by atoms with Gasteiger partial charge >= 0.3 is 6.09 Å². The van der Waals surface area contributed by atoms with Crippen molar-refractivity contribution in [1.82, 2.24) is 10.2 Å². The number of ether oxygens (including phenoxy) is 3. The number of benzene rings is 1. The van der Waals surface area contributed by atoms with E-state index in [0.717, 1.165) is 12.8 Å². The molecule has 1 saturated heterocycles. The molecule has 0 spiro atoms. The Hall–Kier alpha value is -2.48. The lowest BCUT2D eigenvalue weighted by molar-refractivity contribution is -0.121. The molecule has 0 aromatic heterocycles. The smallest absolute Gasteiger partial charge is 0.407 e. The SMILES string of the molecule is COc1ccc(OC)c(NC(=O)C(C)N2CCC(NC(=O)OC(C)(C)C)CC2)c1. The van der Waals surface area contributed by atoms with Crippen LogP contribution in [-0.2, 0) is 9.53 Å². The van der Waals surface area contributed by atoms with Gasteiger partial charge < -0.3 is 24.8 Å². The van der Waals surface area contributed by atoms with Crippen LogP contribution < -0.4 is 20.1 Å². The van der Waals surface area contributed by atoms with Crippen LogP contribution in [0.2, 0.25) is 0 Å². The van der Waals surface area contributed by atoms with Crippen molar-refractivity contribution < 1.29 is 23.8 Å². The number of hydrogen-bond donors (Lipinski definition) is 2. The monoisotopic (exact) mass is 407 g/mol. The van der Waals surface area contributed by atoms with Crippen LogP contribution in [0.25, 0.3) is 0 Å². The maximum absolute atomic E-state index is 12.8. The first-order valence-corrected chi connectivity index (χ1v) is 9.89. The minimum Gasteiger partial charge on any atom is -0.497 e. The fourth-order valence-corrected chi connectivity index (χ4v) is 3.22. The maximum Gasteiger partial charge on any atom is 0.407 e. The van der Waals surface area contributed by atoms with Gasteiger partial charge in [0.2, 0.25) is 5.91 Å². The molecule has 162 valence electrons. The molecule has 1 aliphatic rings. The Bertz CT molecular complexity index is 709. The van der Waals surface area contributed by atoms with Crippen LogP contribution in [0.5, 0.6) is 11.5 Å². The van der Waals surface area contributed by atoms with Gasteiger partial charge in [0, 0.05) is 25.2 Å². The second-order valence-electron chi connectivity index (χ2n) is 8.19. The van der Waals surface area contributed by atoms with Gasteiger partial charge in [-0.25, -0.2) is 4.79 Å². The van der Waals surface area contributed by atoms with Crippen LogP contribution in [0.4, 0.5) is 10.5 Å². The molecule has 1 aliphatic heterocycles. The number of methoxy groups -OCH3 is 2. The third kappa shape index (κ3) is 6.81. The molecule has 2 amide bonds. The summed E-state index contributed by atoms with van der Waals surface area (Å²) in [6, 6.07) is 5.01. The first kappa shape index (κ1) is 22.8. The number of hydrogen-bond acceptors (Lipinski definition) is 6. The van der Waals surface area contributed by atoms with Crippen molar-refractivity contribution in [3.8, 4) is 11.5 Å². The Morgan fingerprint density at radius 3 is 2.34 bits per heavy atom. The van der Waals surface area contributed by atoms with E-state index >= 15 is 0 Å². The molecule has 1 aromatic rings. The van der Waals surface area contributed by atoms with Crippen molar-refractivity contribution >= 4 is 17.7 Å². The molecule has 8 nitrogen and oxygen atoms in total. The molecule has 1 atom stereocenters. The zero-order valence-corrected chi connectivity index (χ0v) is 18.2. The Kier molecular flexibility index (Phi) is 7.73. The van der Waals surface area contributed by atoms with Crippen molar-refractivity contribution in [1.29, 1.82) is 0 Å². The van der Waals surface area contributed by atoms with E-state index in [1.807, 2.05) is 27.7 Å². The lowest BCUT2D eigenvalue weighted by Crippen LogP contribution is -2.51. The quantitative estimate of drug-likeness (QED) is 0.754. The number of alkyl carbamates (subject to hydrolysis) is 1. The van der Waals surface area contributed by atoms with Crippen molar-refractivity contribution in [2.45, 2.75) is 58.2 Å². The van der Waals surface area contributed by atoms with Crippen LogP contribution in [0.3, 0.4) is 0 Å². The predicted molar refractivity (Wildman–Crippen MR) is 112 cm³/mol. The first-order valence-electron chi connectivity index (χ1n) is 9.89. The number of nitrogens with zero attached hydrogens (tertiary/aromatic N) is 1. The third-order valence-corrected chi connectivity index (χ3v) is 4.84. The molecule has 1 aromatic carbocycles. The molecule has 2 N–H and O–H groups in total. The number of rotatable bonds is 6. The van der Waals surface area contributed by atoms with Crippen LogP contribution >= 0.6 is 0 Å². The third-order valence-electron chi connectivity index (χ3n) is 4.84. The summed E-state index contributed by atoms with van der Waals surface area (Å²) in [6.07, 6.45) is 1.13. The van der Waals surface area contributed by atoms with Crippen LogP contribution in [0, 0.1) is 0 Å². The largest absolute Gasteiger partial charge is 0.497 e. The van der Waals surface area contributed by atoms with E-state index in [1.54, 1.807) is 32.4 Å². The summed E-state index contributed by atoms with van der Waals surface area (Å²) in [5.74, 6) is 1.10. The maximum atomic E-state index is 12.8. The molecule has 1 heterocycles. The summed E-state index contributed by atoms with van der Waals surface area (Å²) in [5, 5.41) is 5.84. The number of amides is 2. The Balaban J connectivity index is 1.88. The van der Waals surface area contributed by atoms with Gasteiger partial charge in [-0.05, 0) is 52.7 Å². The number of anilines is 1. The minimum absolute atomic E-state index is 0.0508. The molecular weight excluding hydrogens is 374 g/mol. The van der Waals surface area contributed by atoms with E-state index in [0.29, 0.717) is 30.3 Å². The lowest BCUT2D eigenvalue weighted by atomic mass is 10.0. The number of carbonyl (C=O) groups excluding carboxylic acids is 2. The van der Waals surface area contributed by atoms with Crippen LogP contribution in [-0.4, -0.2) is 61.9 Å². The molecule has 1 fully saturated rings. The van der Waals surface area contributed by atoms with Crippen molar-refractivity contribution in [3.63, 3.8) is 0 Å². The highest BCUT2D eigenvalue weighted by Crippen LogP contribution is 2.29. The fourth-order valence-electron chi connectivity index (χ4n) is 3.22. The van der Waals surface area contributed by atoms with E-state index in [9.17, 15) is 9.59 Å². The average molecular weight is 408 g/mol. The van der Waals surface area contributed by atoms with Gasteiger partial charge in [-0.3, -0.25) is 9.69 Å². The van der Waals surface area contributed by atoms with Gasteiger partial charge in [-0.15, -0.1) is 0 Å². The molecule has 2 rings (SSSR count). The van der Waals surface area contributed by atoms with E-state index in [2.05, 4.69) is 15.5 Å². The van der Waals surface area contributed by atoms with Gasteiger partial charge in [0.05, 0.1) is 25.9 Å². The lowest BCUT2D eigenvalue weighted by Gasteiger charge is -2.35. The van der Waals surface area contributed by atoms with Gasteiger partial charge in [0.1, 0.15) is 17.1 Å². The second kappa shape index (κ2) is 9.82. The zero-order chi connectivity index (χ0) is 21.6. The van der Waals surface area contributed by atoms with Gasteiger partial charge in [0.15, 0.2) is 0 Å². The number of carbonyl (C=O) groups is 2. The van der Waals surface area contributed by atoms with Crippen molar-refractivity contribution in [3.05, 3.63) is 18.2 Å². The highest BCUT2D eigenvalue weighted by atomic mass is 16.6. The van der Waals surface area contributed by atoms with E-state index in [1.165, 1.54) is 0 Å². The summed E-state index contributed by atoms with van der Waals surface area (Å²) in [7, 11) is 3.13. The Morgan fingerprint density at radius 2 is 1.79 bits per heavy atom. The predicted octanol–water partition coefficient (Wildman–Crippen LogP) is 3.02. The standard InChI is InChI=1S/C21H33N3O5/c1-14(19(25)23-17-13-16(27-5)7-8-18(17)28-6)24-11-9-15(10-12-24)22-20(26)29-21(2,3)4/h7-8,13-15H,9-12H2,1-6H3,(H,22,26)(H,23,25). The van der Waals surface area contributed by atoms with Gasteiger partial charge in [-0.2, -0.15) is 0 Å². The summed E-state index contributed by atoms with van der Waals surface area (Å²) in [4.78, 5) is 26.8. The fraction of sp³-hybridized carbons (Fsp3) is 0.619. The van der Waals surface area contributed by atoms with E-state index in [4.69, 9.17) is 14.2 Å². The summed E-state index contributed by atoms with van der Waals surface area (Å²) in [6.45, 7) is 8.82. The molecule has 29 heavy (non-hydrogen) atoms. The summed E-state index contributed by atoms with van der Waals surface area (Å²) < 4.78 is 15.9. The van der Waals surface area contributed by atoms with E-state index < -0.39 is 11.7 Å². The average Bonchev–Trinajstić information content (AvgIpc) is 2.66. The summed E-state index contributed by atoms with van der Waals surface area (Å²) >= 11 is 0. The molecule has 8 heteroatoms. The highest BCUT2D eigenvalue weighted by Gasteiger charge is 2.28. The van der Waals surface area contributed by atoms with Crippen molar-refractivity contribution in [2.24, 2.45) is 0 Å². The molecule has 0 bridgehead atoms. The molecule has 0 aliphatic carbocycles. The van der Waals surface area contributed by atoms with Crippen LogP contribution in [0.1, 0.15) is 40.5 Å². The topological polar surface area (TPSA) is 89.1 Å². The zero-order valence-electron chi connectivity index (χ0n) is 18.2. The number of likely N-dealkylation sites (tertiary alicyclic amines) is 1. The Morgan fingerprint density at radius 1 is 1.14 bits per heavy atom.